The highest BCUT2D eigenvalue weighted by atomic mass is 35.5. The van der Waals surface area contributed by atoms with E-state index < -0.39 is 24.7 Å². The maximum Gasteiger partial charge on any atom is 0.405 e. The lowest BCUT2D eigenvalue weighted by Gasteiger charge is -2.13. The normalized spacial score (nSPS) is 10.9. The van der Waals surface area contributed by atoms with Gasteiger partial charge in [0, 0.05) is 6.07 Å². The van der Waals surface area contributed by atoms with Crippen LogP contribution in [0.5, 0.6) is 5.75 Å². The predicted octanol–water partition coefficient (Wildman–Crippen LogP) is 2.73. The van der Waals surface area contributed by atoms with E-state index in [9.17, 15) is 22.8 Å². The SMILES string of the molecule is COc1cc(NC(=O)NCC(F)(F)F)c(Cl)cc1C(=O)O. The minimum absolute atomic E-state index is 0.0850. The smallest absolute Gasteiger partial charge is 0.405 e. The Morgan fingerprint density at radius 3 is 2.48 bits per heavy atom. The summed E-state index contributed by atoms with van der Waals surface area (Å²) >= 11 is 5.75. The summed E-state index contributed by atoms with van der Waals surface area (Å²) < 4.78 is 40.6. The van der Waals surface area contributed by atoms with Gasteiger partial charge in [-0.15, -0.1) is 0 Å². The molecule has 116 valence electrons. The van der Waals surface area contributed by atoms with Crippen LogP contribution in [0, 0.1) is 0 Å². The lowest BCUT2D eigenvalue weighted by molar-refractivity contribution is -0.122. The molecule has 0 fully saturated rings. The van der Waals surface area contributed by atoms with E-state index in [1.807, 2.05) is 0 Å². The van der Waals surface area contributed by atoms with Crippen molar-refractivity contribution < 1.29 is 32.6 Å². The Morgan fingerprint density at radius 2 is 2.00 bits per heavy atom. The fourth-order valence-corrected chi connectivity index (χ4v) is 1.54. The number of ether oxygens (including phenoxy) is 1. The number of methoxy groups -OCH3 is 1. The van der Waals surface area contributed by atoms with E-state index in [1.54, 1.807) is 5.32 Å². The molecule has 0 bridgehead atoms. The third-order valence-electron chi connectivity index (χ3n) is 2.22. The van der Waals surface area contributed by atoms with Crippen LogP contribution in [0.25, 0.3) is 0 Å². The molecule has 0 aromatic heterocycles. The number of carbonyl (C=O) groups is 2. The topological polar surface area (TPSA) is 87.7 Å². The van der Waals surface area contributed by atoms with Crippen molar-refractivity contribution in [2.75, 3.05) is 19.0 Å². The Hall–Kier alpha value is -2.16. The van der Waals surface area contributed by atoms with Gasteiger partial charge in [0.15, 0.2) is 0 Å². The Labute approximate surface area is 121 Å². The first kappa shape index (κ1) is 16.9. The van der Waals surface area contributed by atoms with Crippen LogP contribution in [-0.2, 0) is 0 Å². The Kier molecular flexibility index (Phi) is 5.25. The van der Waals surface area contributed by atoms with Crippen molar-refractivity contribution in [1.82, 2.24) is 5.32 Å². The molecular weight excluding hydrogens is 317 g/mol. The van der Waals surface area contributed by atoms with Crippen molar-refractivity contribution in [2.45, 2.75) is 6.18 Å². The van der Waals surface area contributed by atoms with Crippen LogP contribution in [0.3, 0.4) is 0 Å². The van der Waals surface area contributed by atoms with E-state index in [0.717, 1.165) is 12.1 Å². The van der Waals surface area contributed by atoms with Crippen molar-refractivity contribution in [3.8, 4) is 5.75 Å². The molecule has 0 heterocycles. The summed E-state index contributed by atoms with van der Waals surface area (Å²) in [6.07, 6.45) is -4.55. The minimum Gasteiger partial charge on any atom is -0.496 e. The Balaban J connectivity index is 2.89. The van der Waals surface area contributed by atoms with E-state index in [-0.39, 0.29) is 22.0 Å². The quantitative estimate of drug-likeness (QED) is 0.794. The number of carboxylic acids is 1. The maximum absolute atomic E-state index is 11.9. The van der Waals surface area contributed by atoms with Crippen molar-refractivity contribution in [1.29, 1.82) is 0 Å². The van der Waals surface area contributed by atoms with Gasteiger partial charge in [-0.1, -0.05) is 11.6 Å². The molecule has 0 aliphatic rings. The molecular formula is C11H10ClF3N2O4. The molecule has 0 saturated carbocycles. The summed E-state index contributed by atoms with van der Waals surface area (Å²) in [5, 5.41) is 12.4. The van der Waals surface area contributed by atoms with Gasteiger partial charge in [-0.3, -0.25) is 0 Å². The van der Waals surface area contributed by atoms with E-state index >= 15 is 0 Å². The highest BCUT2D eigenvalue weighted by molar-refractivity contribution is 6.34. The van der Waals surface area contributed by atoms with Crippen LogP contribution in [-0.4, -0.2) is 36.9 Å². The van der Waals surface area contributed by atoms with Gasteiger partial charge in [0.1, 0.15) is 17.9 Å². The standard InChI is InChI=1S/C11H10ClF3N2O4/c1-21-8-3-7(6(12)2-5(8)9(18)19)17-10(20)16-4-11(13,14)15/h2-3H,4H2,1H3,(H,18,19)(H2,16,17,20). The number of amides is 2. The van der Waals surface area contributed by atoms with Gasteiger partial charge in [0.05, 0.1) is 17.8 Å². The second kappa shape index (κ2) is 6.53. The molecule has 0 aliphatic heterocycles. The molecule has 21 heavy (non-hydrogen) atoms. The van der Waals surface area contributed by atoms with Crippen molar-refractivity contribution in [2.24, 2.45) is 0 Å². The summed E-state index contributed by atoms with van der Waals surface area (Å²) in [4.78, 5) is 22.2. The number of hydrogen-bond acceptors (Lipinski definition) is 3. The summed E-state index contributed by atoms with van der Waals surface area (Å²) in [5.41, 5.74) is -0.332. The molecule has 0 unspecified atom stereocenters. The molecule has 0 saturated heterocycles. The second-order valence-electron chi connectivity index (χ2n) is 3.76. The fourth-order valence-electron chi connectivity index (χ4n) is 1.33. The number of anilines is 1. The molecule has 1 aromatic carbocycles. The van der Waals surface area contributed by atoms with E-state index in [0.29, 0.717) is 0 Å². The first-order chi connectivity index (χ1) is 9.64. The van der Waals surface area contributed by atoms with Gasteiger partial charge in [-0.25, -0.2) is 9.59 Å². The Morgan fingerprint density at radius 1 is 1.38 bits per heavy atom. The van der Waals surface area contributed by atoms with E-state index in [1.165, 1.54) is 7.11 Å². The number of carboxylic acid groups (broad SMARTS) is 1. The number of carbonyl (C=O) groups excluding carboxylic acids is 1. The predicted molar refractivity (Wildman–Crippen MR) is 68.0 cm³/mol. The monoisotopic (exact) mass is 326 g/mol. The third kappa shape index (κ3) is 5.03. The Bertz CT molecular complexity index is 563. The lowest BCUT2D eigenvalue weighted by atomic mass is 10.2. The average Bonchev–Trinajstić information content (AvgIpc) is 2.37. The molecule has 3 N–H and O–H groups in total. The number of rotatable bonds is 4. The van der Waals surface area contributed by atoms with Gasteiger partial charge in [0.25, 0.3) is 0 Å². The zero-order chi connectivity index (χ0) is 16.2. The van der Waals surface area contributed by atoms with Crippen LogP contribution in [0.15, 0.2) is 12.1 Å². The van der Waals surface area contributed by atoms with Crippen molar-refractivity contribution in [3.63, 3.8) is 0 Å². The van der Waals surface area contributed by atoms with Crippen LogP contribution < -0.4 is 15.4 Å². The van der Waals surface area contributed by atoms with Crippen LogP contribution in [0.2, 0.25) is 5.02 Å². The van der Waals surface area contributed by atoms with Gasteiger partial charge < -0.3 is 20.5 Å². The number of hydrogen-bond donors (Lipinski definition) is 3. The highest BCUT2D eigenvalue weighted by Crippen LogP contribution is 2.31. The largest absolute Gasteiger partial charge is 0.496 e. The lowest BCUT2D eigenvalue weighted by Crippen LogP contribution is -2.36. The molecule has 1 aromatic rings. The van der Waals surface area contributed by atoms with Crippen LogP contribution >= 0.6 is 11.6 Å². The summed E-state index contributed by atoms with van der Waals surface area (Å²) in [6.45, 7) is -1.51. The molecule has 0 atom stereocenters. The first-order valence-electron chi connectivity index (χ1n) is 5.36. The number of urea groups is 1. The number of aromatic carboxylic acids is 1. The molecule has 0 spiro atoms. The molecule has 1 rings (SSSR count). The molecule has 6 nitrogen and oxygen atoms in total. The number of nitrogens with one attached hydrogen (secondary N) is 2. The zero-order valence-corrected chi connectivity index (χ0v) is 11.3. The number of benzene rings is 1. The number of alkyl halides is 3. The fraction of sp³-hybridized carbons (Fsp3) is 0.273. The second-order valence-corrected chi connectivity index (χ2v) is 4.17. The third-order valence-corrected chi connectivity index (χ3v) is 2.53. The summed E-state index contributed by atoms with van der Waals surface area (Å²) in [5.74, 6) is -1.40. The van der Waals surface area contributed by atoms with Crippen LogP contribution in [0.4, 0.5) is 23.7 Å². The highest BCUT2D eigenvalue weighted by Gasteiger charge is 2.27. The van der Waals surface area contributed by atoms with Gasteiger partial charge in [0.2, 0.25) is 0 Å². The molecule has 2 amide bonds. The number of halogens is 4. The summed E-state index contributed by atoms with van der Waals surface area (Å²) in [7, 11) is 1.20. The van der Waals surface area contributed by atoms with E-state index in [4.69, 9.17) is 21.4 Å². The maximum atomic E-state index is 11.9. The molecule has 10 heteroatoms. The van der Waals surface area contributed by atoms with Crippen molar-refractivity contribution >= 4 is 29.3 Å². The van der Waals surface area contributed by atoms with Gasteiger partial charge in [-0.2, -0.15) is 13.2 Å². The van der Waals surface area contributed by atoms with Gasteiger partial charge in [-0.05, 0) is 6.07 Å². The van der Waals surface area contributed by atoms with Crippen LogP contribution in [0.1, 0.15) is 10.4 Å². The average molecular weight is 327 g/mol. The summed E-state index contributed by atoms with van der Waals surface area (Å²) in [6, 6.07) is 0.973. The van der Waals surface area contributed by atoms with Gasteiger partial charge >= 0.3 is 18.2 Å². The minimum atomic E-state index is -4.55. The molecule has 0 aliphatic carbocycles. The zero-order valence-electron chi connectivity index (χ0n) is 10.5. The first-order valence-corrected chi connectivity index (χ1v) is 5.74. The molecule has 0 radical (unpaired) electrons. The van der Waals surface area contributed by atoms with E-state index in [2.05, 4.69) is 5.32 Å². The van der Waals surface area contributed by atoms with Crippen molar-refractivity contribution in [3.05, 3.63) is 22.7 Å².